The van der Waals surface area contributed by atoms with Crippen LogP contribution in [0.4, 0.5) is 10.1 Å². The molecule has 198 valence electrons. The predicted molar refractivity (Wildman–Crippen MR) is 138 cm³/mol. The number of piperidine rings is 1. The van der Waals surface area contributed by atoms with Gasteiger partial charge in [-0.15, -0.1) is 0 Å². The van der Waals surface area contributed by atoms with Gasteiger partial charge in [-0.2, -0.15) is 5.10 Å². The SMILES string of the molecule is Cc1cccc(N2CCN(C(=O)Cn3nc(C(=O)N4CCC(O)(CF)CC4)c4c3C[C@H]3C[C@@H]43)CC2)c1C. The van der Waals surface area contributed by atoms with Gasteiger partial charge in [0.2, 0.25) is 5.91 Å². The molecule has 2 aromatic rings. The molecule has 4 aliphatic rings. The summed E-state index contributed by atoms with van der Waals surface area (Å²) >= 11 is 0. The van der Waals surface area contributed by atoms with Crippen LogP contribution in [-0.4, -0.2) is 88.0 Å². The van der Waals surface area contributed by atoms with Crippen LogP contribution in [0.3, 0.4) is 0 Å². The smallest absolute Gasteiger partial charge is 0.274 e. The van der Waals surface area contributed by atoms with E-state index in [1.165, 1.54) is 16.8 Å². The number of likely N-dealkylation sites (tertiary alicyclic amines) is 1. The quantitative estimate of drug-likeness (QED) is 0.670. The molecule has 3 heterocycles. The van der Waals surface area contributed by atoms with Crippen LogP contribution in [-0.2, 0) is 17.8 Å². The molecule has 9 heteroatoms. The molecule has 1 aromatic heterocycles. The Morgan fingerprint density at radius 1 is 1.08 bits per heavy atom. The molecule has 6 rings (SSSR count). The van der Waals surface area contributed by atoms with Crippen molar-refractivity contribution in [3.63, 3.8) is 0 Å². The number of aryl methyl sites for hydroxylation is 1. The molecule has 1 saturated carbocycles. The van der Waals surface area contributed by atoms with Crippen molar-refractivity contribution < 1.29 is 19.1 Å². The first-order valence-electron chi connectivity index (χ1n) is 13.5. The molecule has 0 radical (unpaired) electrons. The predicted octanol–water partition coefficient (Wildman–Crippen LogP) is 2.44. The molecule has 2 saturated heterocycles. The maximum atomic E-state index is 13.4. The number of hydrogen-bond donors (Lipinski definition) is 1. The summed E-state index contributed by atoms with van der Waals surface area (Å²) in [5, 5.41) is 14.9. The van der Waals surface area contributed by atoms with Crippen LogP contribution in [0.5, 0.6) is 0 Å². The lowest BCUT2D eigenvalue weighted by Crippen LogP contribution is -2.50. The zero-order valence-corrected chi connectivity index (χ0v) is 21.7. The van der Waals surface area contributed by atoms with E-state index in [1.807, 2.05) is 4.90 Å². The van der Waals surface area contributed by atoms with Crippen molar-refractivity contribution in [1.82, 2.24) is 19.6 Å². The van der Waals surface area contributed by atoms with E-state index in [-0.39, 0.29) is 31.2 Å². The number of hydrogen-bond acceptors (Lipinski definition) is 5. The second kappa shape index (κ2) is 9.11. The molecule has 3 fully saturated rings. The number of nitrogens with zero attached hydrogens (tertiary/aromatic N) is 5. The van der Waals surface area contributed by atoms with Crippen LogP contribution < -0.4 is 4.90 Å². The summed E-state index contributed by atoms with van der Waals surface area (Å²) in [5.41, 5.74) is 4.98. The Morgan fingerprint density at radius 2 is 1.81 bits per heavy atom. The summed E-state index contributed by atoms with van der Waals surface area (Å²) in [6, 6.07) is 6.36. The summed E-state index contributed by atoms with van der Waals surface area (Å²) in [6.45, 7) is 7.19. The molecule has 37 heavy (non-hydrogen) atoms. The molecule has 1 aromatic carbocycles. The van der Waals surface area contributed by atoms with Crippen molar-refractivity contribution in [3.05, 3.63) is 46.3 Å². The zero-order valence-electron chi connectivity index (χ0n) is 21.7. The first-order chi connectivity index (χ1) is 17.8. The highest BCUT2D eigenvalue weighted by molar-refractivity contribution is 5.95. The van der Waals surface area contributed by atoms with Gasteiger partial charge in [0.1, 0.15) is 13.2 Å². The lowest BCUT2D eigenvalue weighted by molar-refractivity contribution is -0.132. The maximum Gasteiger partial charge on any atom is 0.274 e. The number of alkyl halides is 1. The second-order valence-electron chi connectivity index (χ2n) is 11.4. The number of halogens is 1. The molecule has 2 aliphatic carbocycles. The van der Waals surface area contributed by atoms with Crippen LogP contribution in [0.15, 0.2) is 18.2 Å². The zero-order chi connectivity index (χ0) is 25.9. The van der Waals surface area contributed by atoms with Gasteiger partial charge in [0.15, 0.2) is 5.69 Å². The number of aliphatic hydroxyl groups is 1. The van der Waals surface area contributed by atoms with Gasteiger partial charge >= 0.3 is 0 Å². The minimum atomic E-state index is -1.33. The van der Waals surface area contributed by atoms with E-state index >= 15 is 0 Å². The third-order valence-electron chi connectivity index (χ3n) is 9.11. The monoisotopic (exact) mass is 509 g/mol. The maximum absolute atomic E-state index is 13.4. The summed E-state index contributed by atoms with van der Waals surface area (Å²) < 4.78 is 14.9. The number of anilines is 1. The van der Waals surface area contributed by atoms with Gasteiger partial charge in [0, 0.05) is 56.2 Å². The molecule has 2 amide bonds. The standard InChI is InChI=1S/C28H36FN5O3/c1-18-4-3-5-22(19(18)2)31-10-12-32(13-11-31)24(35)16-34-23-15-20-14-21(20)25(23)26(30-34)27(36)33-8-6-28(37,17-29)7-9-33/h3-5,20-21,37H,6-17H2,1-2H3/t20-,21-/m1/s1. The Balaban J connectivity index is 1.13. The van der Waals surface area contributed by atoms with Crippen molar-refractivity contribution in [2.24, 2.45) is 5.92 Å². The Kier molecular flexibility index (Phi) is 6.01. The summed E-state index contributed by atoms with van der Waals surface area (Å²) in [6.07, 6.45) is 2.41. The van der Waals surface area contributed by atoms with Crippen LogP contribution >= 0.6 is 0 Å². The molecule has 2 aliphatic heterocycles. The average molecular weight is 510 g/mol. The van der Waals surface area contributed by atoms with Gasteiger partial charge < -0.3 is 19.8 Å². The summed E-state index contributed by atoms with van der Waals surface area (Å²) in [7, 11) is 0. The fraction of sp³-hybridized carbons (Fsp3) is 0.607. The topological polar surface area (TPSA) is 81.9 Å². The van der Waals surface area contributed by atoms with Crippen molar-refractivity contribution in [2.75, 3.05) is 50.8 Å². The first-order valence-corrected chi connectivity index (χ1v) is 13.5. The molecule has 8 nitrogen and oxygen atoms in total. The van der Waals surface area contributed by atoms with E-state index in [0.717, 1.165) is 37.2 Å². The number of amides is 2. The number of carbonyl (C=O) groups excluding carboxylic acids is 2. The van der Waals surface area contributed by atoms with Gasteiger partial charge in [-0.05, 0) is 68.6 Å². The highest BCUT2D eigenvalue weighted by atomic mass is 19.1. The van der Waals surface area contributed by atoms with E-state index in [0.29, 0.717) is 43.7 Å². The third-order valence-corrected chi connectivity index (χ3v) is 9.11. The highest BCUT2D eigenvalue weighted by Crippen LogP contribution is 2.57. The Morgan fingerprint density at radius 3 is 2.51 bits per heavy atom. The van der Waals surface area contributed by atoms with Crippen LogP contribution in [0, 0.1) is 19.8 Å². The number of benzene rings is 1. The molecular formula is C28H36FN5O3. The van der Waals surface area contributed by atoms with Crippen molar-refractivity contribution >= 4 is 17.5 Å². The van der Waals surface area contributed by atoms with Gasteiger partial charge in [0.05, 0.1) is 5.60 Å². The fourth-order valence-electron chi connectivity index (χ4n) is 6.39. The minimum Gasteiger partial charge on any atom is -0.387 e. The number of carbonyl (C=O) groups is 2. The van der Waals surface area contributed by atoms with Crippen molar-refractivity contribution in [3.8, 4) is 0 Å². The Bertz CT molecular complexity index is 1230. The van der Waals surface area contributed by atoms with Crippen LogP contribution in [0.25, 0.3) is 0 Å². The number of aromatic nitrogens is 2. The summed E-state index contributed by atoms with van der Waals surface area (Å²) in [5.74, 6) is 0.806. The van der Waals surface area contributed by atoms with Crippen molar-refractivity contribution in [1.29, 1.82) is 0 Å². The number of piperazine rings is 1. The lowest BCUT2D eigenvalue weighted by atomic mass is 9.92. The third kappa shape index (κ3) is 4.31. The fourth-order valence-corrected chi connectivity index (χ4v) is 6.39. The molecule has 0 bridgehead atoms. The molecule has 1 N–H and O–H groups in total. The normalized spacial score (nSPS) is 24.2. The van der Waals surface area contributed by atoms with Crippen LogP contribution in [0.2, 0.25) is 0 Å². The molecular weight excluding hydrogens is 473 g/mol. The lowest BCUT2D eigenvalue weighted by Gasteiger charge is -2.37. The first kappa shape index (κ1) is 24.4. The van der Waals surface area contributed by atoms with Gasteiger partial charge in [-0.25, -0.2) is 4.39 Å². The van der Waals surface area contributed by atoms with Crippen LogP contribution in [0.1, 0.15) is 58.1 Å². The number of rotatable bonds is 5. The average Bonchev–Trinajstić information content (AvgIpc) is 3.44. The van der Waals surface area contributed by atoms with Gasteiger partial charge in [-0.1, -0.05) is 12.1 Å². The van der Waals surface area contributed by atoms with E-state index in [2.05, 4.69) is 36.9 Å². The Hall–Kier alpha value is -2.94. The van der Waals surface area contributed by atoms with Gasteiger partial charge in [-0.3, -0.25) is 14.3 Å². The van der Waals surface area contributed by atoms with E-state index in [9.17, 15) is 19.1 Å². The molecule has 0 unspecified atom stereocenters. The molecule has 0 spiro atoms. The van der Waals surface area contributed by atoms with Crippen molar-refractivity contribution in [2.45, 2.75) is 57.6 Å². The number of fused-ring (bicyclic) bond motifs is 3. The second-order valence-corrected chi connectivity index (χ2v) is 11.4. The summed E-state index contributed by atoms with van der Waals surface area (Å²) in [4.78, 5) is 32.7. The Labute approximate surface area is 217 Å². The largest absolute Gasteiger partial charge is 0.387 e. The van der Waals surface area contributed by atoms with E-state index in [1.54, 1.807) is 9.58 Å². The van der Waals surface area contributed by atoms with Gasteiger partial charge in [0.25, 0.3) is 5.91 Å². The molecule has 2 atom stereocenters. The minimum absolute atomic E-state index is 0.0384. The van der Waals surface area contributed by atoms with E-state index < -0.39 is 12.3 Å². The highest BCUT2D eigenvalue weighted by Gasteiger charge is 2.51. The van der Waals surface area contributed by atoms with E-state index in [4.69, 9.17) is 5.10 Å².